The summed E-state index contributed by atoms with van der Waals surface area (Å²) in [5, 5.41) is 21.7. The Morgan fingerprint density at radius 1 is 1.48 bits per heavy atom. The molecule has 2 aromatic rings. The first kappa shape index (κ1) is 15.4. The highest BCUT2D eigenvalue weighted by Gasteiger charge is 2.23. The van der Waals surface area contributed by atoms with E-state index in [0.717, 1.165) is 10.1 Å². The zero-order valence-electron chi connectivity index (χ0n) is 11.3. The second-order valence-corrected chi connectivity index (χ2v) is 6.48. The molecule has 1 heterocycles. The summed E-state index contributed by atoms with van der Waals surface area (Å²) >= 11 is 2.75. The summed E-state index contributed by atoms with van der Waals surface area (Å²) in [6, 6.07) is 4.62. The van der Waals surface area contributed by atoms with Gasteiger partial charge < -0.3 is 0 Å². The van der Waals surface area contributed by atoms with Gasteiger partial charge in [0.2, 0.25) is 5.13 Å². The van der Waals surface area contributed by atoms with Crippen LogP contribution in [0.25, 0.3) is 0 Å². The van der Waals surface area contributed by atoms with Crippen LogP contribution in [0, 0.1) is 17.0 Å². The fourth-order valence-corrected chi connectivity index (χ4v) is 3.34. The molecule has 0 aliphatic rings. The molecule has 110 valence electrons. The molecule has 0 radical (unpaired) electrons. The first-order valence-corrected chi connectivity index (χ1v) is 7.84. The molecule has 0 saturated heterocycles. The first-order valence-electron chi connectivity index (χ1n) is 6.04. The van der Waals surface area contributed by atoms with Crippen LogP contribution in [-0.2, 0) is 0 Å². The number of benzene rings is 1. The van der Waals surface area contributed by atoms with E-state index in [1.807, 2.05) is 6.92 Å². The Bertz CT molecular complexity index is 687. The third-order valence-electron chi connectivity index (χ3n) is 2.56. The average molecular weight is 324 g/mol. The smallest absolute Gasteiger partial charge is 0.285 e. The summed E-state index contributed by atoms with van der Waals surface area (Å²) in [6.45, 7) is 3.58. The molecule has 1 N–H and O–H groups in total. The Kier molecular flexibility index (Phi) is 4.86. The summed E-state index contributed by atoms with van der Waals surface area (Å²) in [5.41, 5.74) is 0.259. The Hall–Kier alpha value is -2.00. The number of anilines is 1. The van der Waals surface area contributed by atoms with Crippen molar-refractivity contribution in [2.45, 2.75) is 18.2 Å². The molecule has 1 aromatic carbocycles. The number of amides is 1. The molecule has 0 bridgehead atoms. The second-order valence-electron chi connectivity index (χ2n) is 3.99. The molecular formula is C12H12N4O3S2. The normalized spacial score (nSPS) is 10.4. The number of rotatable bonds is 5. The SMILES string of the molecule is CCSc1nnc(NC(=O)c2cccc(C)c2[N+](=O)[O-])s1. The lowest BCUT2D eigenvalue weighted by molar-refractivity contribution is -0.385. The summed E-state index contributed by atoms with van der Waals surface area (Å²) in [4.78, 5) is 22.7. The van der Waals surface area contributed by atoms with Gasteiger partial charge in [-0.1, -0.05) is 42.2 Å². The largest absolute Gasteiger partial charge is 0.296 e. The van der Waals surface area contributed by atoms with Crippen molar-refractivity contribution in [2.75, 3.05) is 11.1 Å². The number of carbonyl (C=O) groups is 1. The number of nitrogens with zero attached hydrogens (tertiary/aromatic N) is 3. The van der Waals surface area contributed by atoms with Crippen molar-refractivity contribution in [3.8, 4) is 0 Å². The number of carbonyl (C=O) groups excluding carboxylic acids is 1. The number of thioether (sulfide) groups is 1. The molecule has 0 spiro atoms. The van der Waals surface area contributed by atoms with Crippen LogP contribution < -0.4 is 5.32 Å². The molecule has 1 aromatic heterocycles. The average Bonchev–Trinajstić information content (AvgIpc) is 2.85. The lowest BCUT2D eigenvalue weighted by atomic mass is 10.1. The van der Waals surface area contributed by atoms with Gasteiger partial charge in [0.05, 0.1) is 4.92 Å². The fourth-order valence-electron chi connectivity index (χ4n) is 1.69. The predicted molar refractivity (Wildman–Crippen MR) is 82.1 cm³/mol. The highest BCUT2D eigenvalue weighted by Crippen LogP contribution is 2.27. The molecule has 0 fully saturated rings. The summed E-state index contributed by atoms with van der Waals surface area (Å²) in [5.74, 6) is 0.293. The van der Waals surface area contributed by atoms with Gasteiger partial charge in [0, 0.05) is 5.56 Å². The first-order chi connectivity index (χ1) is 10.0. The van der Waals surface area contributed by atoms with Gasteiger partial charge >= 0.3 is 0 Å². The third kappa shape index (κ3) is 3.56. The van der Waals surface area contributed by atoms with Crippen molar-refractivity contribution in [3.05, 3.63) is 39.4 Å². The molecule has 21 heavy (non-hydrogen) atoms. The molecule has 9 heteroatoms. The van der Waals surface area contributed by atoms with Crippen molar-refractivity contribution in [1.82, 2.24) is 10.2 Å². The molecule has 0 unspecified atom stereocenters. The third-order valence-corrected chi connectivity index (χ3v) is 4.41. The lowest BCUT2D eigenvalue weighted by Crippen LogP contribution is -2.14. The molecule has 1 amide bonds. The van der Waals surface area contributed by atoms with E-state index in [1.54, 1.807) is 19.1 Å². The van der Waals surface area contributed by atoms with Crippen LogP contribution in [-0.4, -0.2) is 26.8 Å². The number of aromatic nitrogens is 2. The van der Waals surface area contributed by atoms with Gasteiger partial charge in [0.15, 0.2) is 4.34 Å². The van der Waals surface area contributed by atoms with E-state index in [9.17, 15) is 14.9 Å². The zero-order chi connectivity index (χ0) is 15.4. The van der Waals surface area contributed by atoms with Crippen LogP contribution in [0.1, 0.15) is 22.8 Å². The van der Waals surface area contributed by atoms with Crippen LogP contribution >= 0.6 is 23.1 Å². The van der Waals surface area contributed by atoms with Crippen LogP contribution in [0.3, 0.4) is 0 Å². The Morgan fingerprint density at radius 3 is 2.90 bits per heavy atom. The van der Waals surface area contributed by atoms with Crippen molar-refractivity contribution in [1.29, 1.82) is 0 Å². The summed E-state index contributed by atoms with van der Waals surface area (Å²) < 4.78 is 0.742. The maximum Gasteiger partial charge on any atom is 0.285 e. The molecule has 2 rings (SSSR count). The van der Waals surface area contributed by atoms with Gasteiger partial charge in [0.1, 0.15) is 5.56 Å². The van der Waals surface area contributed by atoms with Gasteiger partial charge in [-0.3, -0.25) is 20.2 Å². The standard InChI is InChI=1S/C12H12N4O3S2/c1-3-20-12-15-14-11(21-12)13-10(17)8-6-4-5-7(2)9(8)16(18)19/h4-6H,3H2,1-2H3,(H,13,14,17). The van der Waals surface area contributed by atoms with Crippen LogP contribution in [0.2, 0.25) is 0 Å². The summed E-state index contributed by atoms with van der Waals surface area (Å²) in [7, 11) is 0. The van der Waals surface area contributed by atoms with Crippen LogP contribution in [0.5, 0.6) is 0 Å². The Labute approximate surface area is 128 Å². The molecule has 0 aliphatic heterocycles. The van der Waals surface area contributed by atoms with Crippen LogP contribution in [0.15, 0.2) is 22.5 Å². The Morgan fingerprint density at radius 2 is 2.24 bits per heavy atom. The van der Waals surface area contributed by atoms with Crippen molar-refractivity contribution in [3.63, 3.8) is 0 Å². The van der Waals surface area contributed by atoms with E-state index >= 15 is 0 Å². The van der Waals surface area contributed by atoms with Crippen LogP contribution in [0.4, 0.5) is 10.8 Å². The van der Waals surface area contributed by atoms with E-state index in [4.69, 9.17) is 0 Å². The maximum atomic E-state index is 12.2. The molecular weight excluding hydrogens is 312 g/mol. The number of nitro groups is 1. The zero-order valence-corrected chi connectivity index (χ0v) is 13.0. The monoisotopic (exact) mass is 324 g/mol. The highest BCUT2D eigenvalue weighted by atomic mass is 32.2. The van der Waals surface area contributed by atoms with Gasteiger partial charge in [-0.15, -0.1) is 10.2 Å². The number of nitro benzene ring substituents is 1. The number of hydrogen-bond acceptors (Lipinski definition) is 7. The van der Waals surface area contributed by atoms with Crippen molar-refractivity contribution in [2.24, 2.45) is 0 Å². The van der Waals surface area contributed by atoms with Gasteiger partial charge in [-0.2, -0.15) is 0 Å². The van der Waals surface area contributed by atoms with E-state index < -0.39 is 10.8 Å². The van der Waals surface area contributed by atoms with Gasteiger partial charge in [0.25, 0.3) is 11.6 Å². The number of nitrogens with one attached hydrogen (secondary N) is 1. The van der Waals surface area contributed by atoms with Crippen molar-refractivity contribution >= 4 is 39.8 Å². The topological polar surface area (TPSA) is 98.0 Å². The predicted octanol–water partition coefficient (Wildman–Crippen LogP) is 3.12. The van der Waals surface area contributed by atoms with Gasteiger partial charge in [-0.25, -0.2) is 0 Å². The fraction of sp³-hybridized carbons (Fsp3) is 0.250. The van der Waals surface area contributed by atoms with E-state index in [2.05, 4.69) is 15.5 Å². The minimum absolute atomic E-state index is 0.0138. The molecule has 0 atom stereocenters. The lowest BCUT2D eigenvalue weighted by Gasteiger charge is -2.04. The van der Waals surface area contributed by atoms with E-state index in [1.165, 1.54) is 29.2 Å². The quantitative estimate of drug-likeness (QED) is 0.393. The number of hydrogen-bond donors (Lipinski definition) is 1. The molecule has 7 nitrogen and oxygen atoms in total. The van der Waals surface area contributed by atoms with E-state index in [0.29, 0.717) is 10.7 Å². The summed E-state index contributed by atoms with van der Waals surface area (Å²) in [6.07, 6.45) is 0. The number of para-hydroxylation sites is 1. The minimum atomic E-state index is -0.561. The molecule has 0 aliphatic carbocycles. The highest BCUT2D eigenvalue weighted by molar-refractivity contribution is 8.01. The maximum absolute atomic E-state index is 12.2. The Balaban J connectivity index is 2.24. The van der Waals surface area contributed by atoms with Crippen molar-refractivity contribution < 1.29 is 9.72 Å². The van der Waals surface area contributed by atoms with Gasteiger partial charge in [-0.05, 0) is 18.7 Å². The minimum Gasteiger partial charge on any atom is -0.296 e. The number of aryl methyl sites for hydroxylation is 1. The molecule has 0 saturated carbocycles. The van der Waals surface area contributed by atoms with E-state index in [-0.39, 0.29) is 11.3 Å². The second kappa shape index (κ2) is 6.64.